The van der Waals surface area contributed by atoms with Crippen LogP contribution in [0.15, 0.2) is 37.1 Å². The zero-order valence-corrected chi connectivity index (χ0v) is 11.1. The molecule has 1 nitrogen and oxygen atoms in total. The molecular weight excluding hydrogens is 209 g/mol. The molecule has 14 heavy (non-hydrogen) atoms. The van der Waals surface area contributed by atoms with Crippen LogP contribution in [0.5, 0.6) is 0 Å². The molecule has 0 aliphatic heterocycles. The predicted molar refractivity (Wildman–Crippen MR) is 62.4 cm³/mol. The molecule has 2 heteroatoms. The monoisotopic (exact) mass is 231 g/mol. The Balaban J connectivity index is -0.000000605. The van der Waals surface area contributed by atoms with E-state index in [4.69, 9.17) is 0 Å². The van der Waals surface area contributed by atoms with E-state index >= 15 is 0 Å². The van der Waals surface area contributed by atoms with Crippen LogP contribution in [0.3, 0.4) is 0 Å². The molecule has 0 aliphatic carbocycles. The second kappa shape index (κ2) is 12.6. The molecule has 0 fully saturated rings. The summed E-state index contributed by atoms with van der Waals surface area (Å²) in [6, 6.07) is 0. The molecule has 0 heterocycles. The van der Waals surface area contributed by atoms with Gasteiger partial charge < -0.3 is 12.3 Å². The van der Waals surface area contributed by atoms with Crippen molar-refractivity contribution in [1.29, 1.82) is 0 Å². The van der Waals surface area contributed by atoms with E-state index < -0.39 is 0 Å². The van der Waals surface area contributed by atoms with E-state index in [1.165, 1.54) is 6.42 Å². The number of nitrogens with zero attached hydrogens (tertiary/aromatic N) is 1. The first-order chi connectivity index (χ1) is 5.68. The van der Waals surface area contributed by atoms with Crippen LogP contribution in [0.2, 0.25) is 0 Å². The fourth-order valence-electron chi connectivity index (χ4n) is 0.748. The first-order valence-electron chi connectivity index (χ1n) is 4.32. The van der Waals surface area contributed by atoms with E-state index in [2.05, 4.69) is 25.3 Å². The normalized spacial score (nSPS) is 8.71. The molecule has 0 bridgehead atoms. The van der Waals surface area contributed by atoms with E-state index in [0.717, 1.165) is 18.5 Å². The average Bonchev–Trinajstić information content (AvgIpc) is 2.03. The van der Waals surface area contributed by atoms with Crippen LogP contribution < -0.4 is 0 Å². The second-order valence-corrected chi connectivity index (χ2v) is 3.01. The number of hydrogen-bond acceptors (Lipinski definition) is 1. The van der Waals surface area contributed by atoms with Gasteiger partial charge in [-0.2, -0.15) is 0 Å². The van der Waals surface area contributed by atoms with E-state index in [0.29, 0.717) is 0 Å². The third-order valence-electron chi connectivity index (χ3n) is 1.66. The largest absolute Gasteiger partial charge is 0.378 e. The summed E-state index contributed by atoms with van der Waals surface area (Å²) in [7, 11) is 3.99. The van der Waals surface area contributed by atoms with Crippen molar-refractivity contribution in [3.8, 4) is 0 Å². The Bertz CT molecular complexity index is 171. The summed E-state index contributed by atoms with van der Waals surface area (Å²) in [5.74, 6) is 0. The van der Waals surface area contributed by atoms with Crippen molar-refractivity contribution in [3.05, 3.63) is 44.5 Å². The van der Waals surface area contributed by atoms with Gasteiger partial charge in [0.1, 0.15) is 0 Å². The minimum absolute atomic E-state index is 0. The fourth-order valence-corrected chi connectivity index (χ4v) is 0.748. The topological polar surface area (TPSA) is 3.24 Å². The van der Waals surface area contributed by atoms with Crippen LogP contribution >= 0.6 is 0 Å². The molecule has 1 radical (unpaired) electrons. The number of likely N-dealkylation sites (N-methyl/N-ethyl adjacent to an activating group) is 1. The predicted octanol–water partition coefficient (Wildman–Crippen LogP) is 3.42. The fraction of sp³-hybridized carbons (Fsp3) is 0.417. The van der Waals surface area contributed by atoms with Crippen molar-refractivity contribution in [2.24, 2.45) is 0 Å². The Morgan fingerprint density at radius 1 is 1.29 bits per heavy atom. The van der Waals surface area contributed by atoms with Gasteiger partial charge in [0.25, 0.3) is 0 Å². The van der Waals surface area contributed by atoms with Gasteiger partial charge in [0.2, 0.25) is 0 Å². The summed E-state index contributed by atoms with van der Waals surface area (Å²) < 4.78 is 0. The van der Waals surface area contributed by atoms with E-state index in [1.807, 2.05) is 25.1 Å². The maximum atomic E-state index is 3.89. The first-order valence-corrected chi connectivity index (χ1v) is 4.32. The van der Waals surface area contributed by atoms with Crippen LogP contribution in [0, 0.1) is 7.43 Å². The van der Waals surface area contributed by atoms with Crippen molar-refractivity contribution in [2.45, 2.75) is 19.3 Å². The summed E-state index contributed by atoms with van der Waals surface area (Å²) in [4.78, 5) is 2.00. The molecule has 0 saturated heterocycles. The minimum Gasteiger partial charge on any atom is -0.378 e. The third kappa shape index (κ3) is 11.6. The van der Waals surface area contributed by atoms with Gasteiger partial charge >= 0.3 is 0 Å². The summed E-state index contributed by atoms with van der Waals surface area (Å²) in [6.45, 7) is 7.56. The zero-order valence-electron chi connectivity index (χ0n) is 9.66. The number of rotatable bonds is 6. The quantitative estimate of drug-likeness (QED) is 0.293. The van der Waals surface area contributed by atoms with Crippen molar-refractivity contribution in [3.63, 3.8) is 0 Å². The standard InChI is InChI=1S/C11H19N.CH3.V/c1-5-6-7-8-9-10-11(2)12(3)4;;/h5,9-10H,1-2,6-8H2,3-4H3;1H3;/q;-1;/b10-9+;;. The molecule has 0 unspecified atom stereocenters. The van der Waals surface area contributed by atoms with Gasteiger partial charge in [0, 0.05) is 38.3 Å². The maximum Gasteiger partial charge on any atom is 0.0284 e. The smallest absolute Gasteiger partial charge is 0.0284 e. The second-order valence-electron chi connectivity index (χ2n) is 3.01. The number of unbranched alkanes of at least 4 members (excludes halogenated alkanes) is 2. The maximum absolute atomic E-state index is 3.89. The van der Waals surface area contributed by atoms with Crippen molar-refractivity contribution in [2.75, 3.05) is 14.1 Å². The minimum atomic E-state index is 0. The van der Waals surface area contributed by atoms with E-state index in [1.54, 1.807) is 0 Å². The average molecular weight is 231 g/mol. The van der Waals surface area contributed by atoms with Crippen molar-refractivity contribution >= 4 is 0 Å². The van der Waals surface area contributed by atoms with Crippen LogP contribution in [0.25, 0.3) is 0 Å². The molecule has 0 rings (SSSR count). The molecule has 0 saturated carbocycles. The molecule has 0 aliphatic rings. The summed E-state index contributed by atoms with van der Waals surface area (Å²) in [6.07, 6.45) is 9.56. The molecule has 0 amide bonds. The first kappa shape index (κ1) is 19.2. The molecule has 0 aromatic heterocycles. The van der Waals surface area contributed by atoms with Crippen LogP contribution in [0.4, 0.5) is 0 Å². The summed E-state index contributed by atoms with van der Waals surface area (Å²) >= 11 is 0. The van der Waals surface area contributed by atoms with Crippen molar-refractivity contribution in [1.82, 2.24) is 4.90 Å². The SMILES string of the molecule is C=CCCC/C=C/C(=C)N(C)C.[CH3-].[V]. The molecular formula is C12H22NV-. The van der Waals surface area contributed by atoms with E-state index in [9.17, 15) is 0 Å². The van der Waals surface area contributed by atoms with Gasteiger partial charge in [-0.1, -0.05) is 18.7 Å². The summed E-state index contributed by atoms with van der Waals surface area (Å²) in [5.41, 5.74) is 1.05. The number of hydrogen-bond donors (Lipinski definition) is 0. The van der Waals surface area contributed by atoms with Gasteiger partial charge in [-0.05, 0) is 25.3 Å². The van der Waals surface area contributed by atoms with Crippen molar-refractivity contribution < 1.29 is 18.6 Å². The number of allylic oxidation sites excluding steroid dienone is 3. The Morgan fingerprint density at radius 3 is 2.29 bits per heavy atom. The van der Waals surface area contributed by atoms with Gasteiger partial charge in [-0.15, -0.1) is 6.58 Å². The van der Waals surface area contributed by atoms with E-state index in [-0.39, 0.29) is 26.0 Å². The van der Waals surface area contributed by atoms with Gasteiger partial charge in [-0.25, -0.2) is 0 Å². The Hall–Kier alpha value is -0.396. The van der Waals surface area contributed by atoms with Gasteiger partial charge in [0.05, 0.1) is 0 Å². The molecule has 0 aromatic rings. The Morgan fingerprint density at radius 2 is 1.86 bits per heavy atom. The van der Waals surface area contributed by atoms with Gasteiger partial charge in [0.15, 0.2) is 0 Å². The zero-order chi connectivity index (χ0) is 9.40. The Kier molecular flexibility index (Phi) is 17.3. The third-order valence-corrected chi connectivity index (χ3v) is 1.66. The molecule has 0 atom stereocenters. The van der Waals surface area contributed by atoms with Crippen LogP contribution in [-0.2, 0) is 18.6 Å². The molecule has 81 valence electrons. The van der Waals surface area contributed by atoms with Crippen LogP contribution in [0.1, 0.15) is 19.3 Å². The molecule has 0 aromatic carbocycles. The Labute approximate surface area is 101 Å². The molecule has 0 N–H and O–H groups in total. The summed E-state index contributed by atoms with van der Waals surface area (Å²) in [5, 5.41) is 0. The van der Waals surface area contributed by atoms with Gasteiger partial charge in [-0.3, -0.25) is 0 Å². The molecule has 0 spiro atoms. The van der Waals surface area contributed by atoms with Crippen LogP contribution in [-0.4, -0.2) is 19.0 Å².